The van der Waals surface area contributed by atoms with Crippen LogP contribution in [-0.4, -0.2) is 21.8 Å². The topological polar surface area (TPSA) is 122 Å². The van der Waals surface area contributed by atoms with Gasteiger partial charge in [-0.1, -0.05) is 17.7 Å². The van der Waals surface area contributed by atoms with Crippen LogP contribution in [0.5, 0.6) is 5.75 Å². The van der Waals surface area contributed by atoms with Gasteiger partial charge >= 0.3 is 11.8 Å². The van der Waals surface area contributed by atoms with Crippen LogP contribution in [0.4, 0.5) is 17.1 Å². The van der Waals surface area contributed by atoms with E-state index in [-0.39, 0.29) is 27.8 Å². The van der Waals surface area contributed by atoms with Crippen LogP contribution in [0, 0.1) is 10.1 Å². The Morgan fingerprint density at radius 1 is 1.09 bits per heavy atom. The molecule has 118 valence electrons. The third-order valence-electron chi connectivity index (χ3n) is 2.72. The number of amides is 2. The van der Waals surface area contributed by atoms with Gasteiger partial charge in [0, 0.05) is 23.9 Å². The zero-order valence-electron chi connectivity index (χ0n) is 11.4. The summed E-state index contributed by atoms with van der Waals surface area (Å²) in [6.45, 7) is 0. The average molecular weight is 336 g/mol. The van der Waals surface area contributed by atoms with Gasteiger partial charge in [0.25, 0.3) is 5.69 Å². The Kier molecular flexibility index (Phi) is 4.77. The van der Waals surface area contributed by atoms with E-state index in [4.69, 9.17) is 11.6 Å². The number of hydrogen-bond donors (Lipinski definition) is 3. The van der Waals surface area contributed by atoms with Gasteiger partial charge in [-0.2, -0.15) is 0 Å². The van der Waals surface area contributed by atoms with Crippen molar-refractivity contribution in [3.05, 3.63) is 57.6 Å². The van der Waals surface area contributed by atoms with Crippen molar-refractivity contribution in [1.82, 2.24) is 0 Å². The summed E-state index contributed by atoms with van der Waals surface area (Å²) in [5.74, 6) is -2.15. The van der Waals surface area contributed by atoms with Gasteiger partial charge in [-0.3, -0.25) is 19.7 Å². The lowest BCUT2D eigenvalue weighted by atomic mass is 10.2. The number of carbonyl (C=O) groups excluding carboxylic acids is 2. The van der Waals surface area contributed by atoms with Crippen LogP contribution >= 0.6 is 11.6 Å². The highest BCUT2D eigenvalue weighted by molar-refractivity contribution is 6.44. The lowest BCUT2D eigenvalue weighted by molar-refractivity contribution is -0.384. The first-order chi connectivity index (χ1) is 10.9. The van der Waals surface area contributed by atoms with Crippen molar-refractivity contribution < 1.29 is 19.6 Å². The number of aromatic hydroxyl groups is 1. The minimum Gasteiger partial charge on any atom is -0.508 e. The maximum absolute atomic E-state index is 11.8. The first kappa shape index (κ1) is 16.2. The summed E-state index contributed by atoms with van der Waals surface area (Å²) in [5, 5.41) is 24.5. The highest BCUT2D eigenvalue weighted by atomic mass is 35.5. The van der Waals surface area contributed by atoms with Crippen molar-refractivity contribution in [2.45, 2.75) is 0 Å². The van der Waals surface area contributed by atoms with Crippen LogP contribution in [0.3, 0.4) is 0 Å². The molecule has 0 heterocycles. The van der Waals surface area contributed by atoms with E-state index in [1.54, 1.807) is 0 Å². The molecule has 2 aromatic rings. The summed E-state index contributed by atoms with van der Waals surface area (Å²) in [7, 11) is 0. The monoisotopic (exact) mass is 335 g/mol. The minimum absolute atomic E-state index is 0.0501. The van der Waals surface area contributed by atoms with Crippen molar-refractivity contribution in [3.8, 4) is 5.75 Å². The number of hydrogen-bond acceptors (Lipinski definition) is 5. The van der Waals surface area contributed by atoms with E-state index in [0.717, 1.165) is 6.07 Å². The van der Waals surface area contributed by atoms with E-state index in [1.807, 2.05) is 0 Å². The van der Waals surface area contributed by atoms with Gasteiger partial charge in [0.1, 0.15) is 5.75 Å². The van der Waals surface area contributed by atoms with Crippen molar-refractivity contribution in [2.75, 3.05) is 10.6 Å². The number of phenolic OH excluding ortho intramolecular Hbond substituents is 1. The zero-order chi connectivity index (χ0) is 17.0. The number of halogens is 1. The third-order valence-corrected chi connectivity index (χ3v) is 3.05. The van der Waals surface area contributed by atoms with Gasteiger partial charge < -0.3 is 15.7 Å². The molecule has 8 nitrogen and oxygen atoms in total. The molecule has 3 N–H and O–H groups in total. The predicted octanol–water partition coefficient (Wildman–Crippen LogP) is 2.53. The number of nitrogens with one attached hydrogen (secondary N) is 2. The van der Waals surface area contributed by atoms with Gasteiger partial charge in [0.05, 0.1) is 15.6 Å². The second-order valence-electron chi connectivity index (χ2n) is 4.38. The van der Waals surface area contributed by atoms with Gasteiger partial charge in [-0.05, 0) is 18.2 Å². The molecule has 0 atom stereocenters. The van der Waals surface area contributed by atoms with E-state index >= 15 is 0 Å². The summed E-state index contributed by atoms with van der Waals surface area (Å²) in [5.41, 5.74) is -0.120. The lowest BCUT2D eigenvalue weighted by Gasteiger charge is -2.08. The molecular weight excluding hydrogens is 326 g/mol. The molecule has 0 unspecified atom stereocenters. The highest BCUT2D eigenvalue weighted by Crippen LogP contribution is 2.26. The number of nitro benzene ring substituents is 1. The zero-order valence-corrected chi connectivity index (χ0v) is 12.2. The second-order valence-corrected chi connectivity index (χ2v) is 4.79. The smallest absolute Gasteiger partial charge is 0.314 e. The van der Waals surface area contributed by atoms with E-state index in [9.17, 15) is 24.8 Å². The van der Waals surface area contributed by atoms with Gasteiger partial charge in [-0.25, -0.2) is 0 Å². The Labute approximate surface area is 134 Å². The van der Waals surface area contributed by atoms with Crippen molar-refractivity contribution in [3.63, 3.8) is 0 Å². The Bertz CT molecular complexity index is 794. The number of nitrogens with zero attached hydrogens (tertiary/aromatic N) is 1. The number of non-ortho nitro benzene ring substituents is 1. The fraction of sp³-hybridized carbons (Fsp3) is 0. The molecule has 23 heavy (non-hydrogen) atoms. The normalized spacial score (nSPS) is 9.96. The number of nitro groups is 1. The summed E-state index contributed by atoms with van der Waals surface area (Å²) in [4.78, 5) is 33.6. The van der Waals surface area contributed by atoms with Crippen LogP contribution in [0.1, 0.15) is 0 Å². The summed E-state index contributed by atoms with van der Waals surface area (Å²) in [6, 6.07) is 9.07. The number of carbonyl (C=O) groups is 2. The lowest BCUT2D eigenvalue weighted by Crippen LogP contribution is -2.29. The molecule has 0 aromatic heterocycles. The van der Waals surface area contributed by atoms with Gasteiger partial charge in [0.2, 0.25) is 0 Å². The molecule has 9 heteroatoms. The van der Waals surface area contributed by atoms with Crippen molar-refractivity contribution >= 4 is 40.5 Å². The third kappa shape index (κ3) is 4.17. The fourth-order valence-corrected chi connectivity index (χ4v) is 1.84. The molecular formula is C14H10ClN3O5. The highest BCUT2D eigenvalue weighted by Gasteiger charge is 2.17. The quantitative estimate of drug-likeness (QED) is 0.452. The first-order valence-corrected chi connectivity index (χ1v) is 6.60. The summed E-state index contributed by atoms with van der Waals surface area (Å²) < 4.78 is 0. The van der Waals surface area contributed by atoms with Crippen molar-refractivity contribution in [1.29, 1.82) is 0 Å². The molecule has 0 spiro atoms. The molecule has 0 radical (unpaired) electrons. The average Bonchev–Trinajstić information content (AvgIpc) is 2.49. The summed E-state index contributed by atoms with van der Waals surface area (Å²) >= 11 is 5.83. The Hall–Kier alpha value is -3.13. The van der Waals surface area contributed by atoms with E-state index in [1.165, 1.54) is 36.4 Å². The van der Waals surface area contributed by atoms with Crippen LogP contribution in [0.15, 0.2) is 42.5 Å². The first-order valence-electron chi connectivity index (χ1n) is 6.22. The Morgan fingerprint density at radius 2 is 1.78 bits per heavy atom. The fourth-order valence-electron chi connectivity index (χ4n) is 1.67. The maximum atomic E-state index is 11.8. The summed E-state index contributed by atoms with van der Waals surface area (Å²) in [6.07, 6.45) is 0. The number of benzene rings is 2. The van der Waals surface area contributed by atoms with Crippen molar-refractivity contribution in [2.24, 2.45) is 0 Å². The predicted molar refractivity (Wildman–Crippen MR) is 83.5 cm³/mol. The Morgan fingerprint density at radius 3 is 2.43 bits per heavy atom. The van der Waals surface area contributed by atoms with Crippen LogP contribution in [0.2, 0.25) is 5.02 Å². The molecule has 0 saturated heterocycles. The molecule has 0 bridgehead atoms. The van der Waals surface area contributed by atoms with E-state index in [2.05, 4.69) is 10.6 Å². The van der Waals surface area contributed by atoms with Gasteiger partial charge in [0.15, 0.2) is 0 Å². The largest absolute Gasteiger partial charge is 0.508 e. The molecule has 2 aromatic carbocycles. The SMILES string of the molecule is O=C(Nc1cccc(O)c1)C(=O)Nc1cc([N+](=O)[O-])ccc1Cl. The van der Waals surface area contributed by atoms with Crippen LogP contribution in [0.25, 0.3) is 0 Å². The minimum atomic E-state index is -1.06. The maximum Gasteiger partial charge on any atom is 0.314 e. The van der Waals surface area contributed by atoms with E-state index < -0.39 is 16.7 Å². The molecule has 0 aliphatic carbocycles. The second kappa shape index (κ2) is 6.75. The molecule has 0 aliphatic rings. The van der Waals surface area contributed by atoms with Crippen LogP contribution < -0.4 is 10.6 Å². The molecule has 2 rings (SSSR count). The standard InChI is InChI=1S/C14H10ClN3O5/c15-11-5-4-9(18(22)23)7-12(11)17-14(21)13(20)16-8-2-1-3-10(19)6-8/h1-7,19H,(H,16,20)(H,17,21). The van der Waals surface area contributed by atoms with Crippen LogP contribution in [-0.2, 0) is 9.59 Å². The molecule has 2 amide bonds. The number of rotatable bonds is 3. The molecule has 0 fully saturated rings. The van der Waals surface area contributed by atoms with Gasteiger partial charge in [-0.15, -0.1) is 0 Å². The molecule has 0 saturated carbocycles. The van der Waals surface area contributed by atoms with E-state index in [0.29, 0.717) is 0 Å². The number of phenols is 1. The Balaban J connectivity index is 2.11. The number of anilines is 2. The molecule has 0 aliphatic heterocycles.